The highest BCUT2D eigenvalue weighted by Gasteiger charge is 2.21. The van der Waals surface area contributed by atoms with Gasteiger partial charge < -0.3 is 20.1 Å². The van der Waals surface area contributed by atoms with E-state index in [0.29, 0.717) is 22.6 Å². The predicted molar refractivity (Wildman–Crippen MR) is 100 cm³/mol. The summed E-state index contributed by atoms with van der Waals surface area (Å²) in [6.07, 6.45) is 4.08. The molecule has 2 aromatic carbocycles. The summed E-state index contributed by atoms with van der Waals surface area (Å²) in [5.74, 6) is -1.48. The number of anilines is 1. The Morgan fingerprint density at radius 1 is 1.07 bits per heavy atom. The van der Waals surface area contributed by atoms with Crippen LogP contribution in [0.15, 0.2) is 30.3 Å². The topological polar surface area (TPSA) is 76.7 Å². The first-order valence-electron chi connectivity index (χ1n) is 9.33. The number of rotatable bonds is 3. The van der Waals surface area contributed by atoms with Crippen molar-refractivity contribution in [3.8, 4) is 5.75 Å². The number of nitrogens with one attached hydrogen (secondary N) is 2. The van der Waals surface area contributed by atoms with Crippen LogP contribution in [0.1, 0.15) is 35.1 Å². The first kappa shape index (κ1) is 18.4. The molecular weight excluding hydrogens is 363 g/mol. The van der Waals surface area contributed by atoms with Gasteiger partial charge in [0.1, 0.15) is 11.6 Å². The van der Waals surface area contributed by atoms with Crippen molar-refractivity contribution in [1.82, 2.24) is 5.32 Å². The van der Waals surface area contributed by atoms with Crippen molar-refractivity contribution < 1.29 is 23.5 Å². The summed E-state index contributed by atoms with van der Waals surface area (Å²) in [5.41, 5.74) is 4.05. The maximum absolute atomic E-state index is 13.8. The van der Waals surface area contributed by atoms with E-state index in [2.05, 4.69) is 16.7 Å². The Morgan fingerprint density at radius 3 is 2.82 bits per heavy atom. The van der Waals surface area contributed by atoms with Crippen LogP contribution >= 0.6 is 0 Å². The number of aryl methyl sites for hydroxylation is 1. The van der Waals surface area contributed by atoms with E-state index in [4.69, 9.17) is 9.47 Å². The molecule has 1 aliphatic heterocycles. The van der Waals surface area contributed by atoms with Gasteiger partial charge in [-0.2, -0.15) is 0 Å². The van der Waals surface area contributed by atoms with Gasteiger partial charge in [0.05, 0.1) is 6.61 Å². The van der Waals surface area contributed by atoms with E-state index < -0.39 is 17.6 Å². The second-order valence-corrected chi connectivity index (χ2v) is 6.95. The average molecular weight is 384 g/mol. The monoisotopic (exact) mass is 384 g/mol. The molecule has 28 heavy (non-hydrogen) atoms. The van der Waals surface area contributed by atoms with Crippen LogP contribution in [-0.4, -0.2) is 18.6 Å². The average Bonchev–Trinajstić information content (AvgIpc) is 2.72. The minimum absolute atomic E-state index is 0.0146. The Bertz CT molecular complexity index is 929. The normalized spacial score (nSPS) is 15.0. The number of carbonyl (C=O) groups excluding carboxylic acids is 2. The second-order valence-electron chi connectivity index (χ2n) is 6.95. The highest BCUT2D eigenvalue weighted by Crippen LogP contribution is 2.30. The predicted octanol–water partition coefficient (Wildman–Crippen LogP) is 2.83. The van der Waals surface area contributed by atoms with E-state index in [1.54, 1.807) is 0 Å². The van der Waals surface area contributed by atoms with Crippen molar-refractivity contribution in [2.24, 2.45) is 0 Å². The van der Waals surface area contributed by atoms with Gasteiger partial charge in [-0.1, -0.05) is 12.1 Å². The van der Waals surface area contributed by atoms with Crippen molar-refractivity contribution in [3.05, 3.63) is 58.4 Å². The highest BCUT2D eigenvalue weighted by molar-refractivity contribution is 6.39. The van der Waals surface area contributed by atoms with E-state index in [0.717, 1.165) is 31.2 Å². The molecule has 2 N–H and O–H groups in total. The Morgan fingerprint density at radius 2 is 1.93 bits per heavy atom. The van der Waals surface area contributed by atoms with Gasteiger partial charge in [0.2, 0.25) is 0 Å². The number of fused-ring (bicyclic) bond motifs is 2. The lowest BCUT2D eigenvalue weighted by atomic mass is 9.90. The molecule has 0 radical (unpaired) electrons. The molecule has 0 unspecified atom stereocenters. The van der Waals surface area contributed by atoms with Gasteiger partial charge in [-0.05, 0) is 55.0 Å². The molecule has 1 aliphatic carbocycles. The summed E-state index contributed by atoms with van der Waals surface area (Å²) >= 11 is 0. The van der Waals surface area contributed by atoms with Crippen molar-refractivity contribution in [2.75, 3.05) is 12.1 Å². The van der Waals surface area contributed by atoms with Gasteiger partial charge in [-0.25, -0.2) is 4.39 Å². The lowest BCUT2D eigenvalue weighted by molar-refractivity contribution is -0.136. The Hall–Kier alpha value is -2.93. The molecular formula is C21H21FN2O4. The molecule has 4 rings (SSSR count). The van der Waals surface area contributed by atoms with E-state index in [1.165, 1.54) is 17.7 Å². The van der Waals surface area contributed by atoms with E-state index in [9.17, 15) is 14.0 Å². The van der Waals surface area contributed by atoms with Crippen molar-refractivity contribution in [2.45, 2.75) is 38.8 Å². The van der Waals surface area contributed by atoms with Crippen LogP contribution < -0.4 is 15.4 Å². The molecule has 0 atom stereocenters. The van der Waals surface area contributed by atoms with E-state index >= 15 is 0 Å². The van der Waals surface area contributed by atoms with Crippen LogP contribution in [0.2, 0.25) is 0 Å². The molecule has 7 heteroatoms. The fourth-order valence-electron chi connectivity index (χ4n) is 3.72. The summed E-state index contributed by atoms with van der Waals surface area (Å²) < 4.78 is 24.3. The third-order valence-electron chi connectivity index (χ3n) is 5.04. The van der Waals surface area contributed by atoms with Crippen molar-refractivity contribution in [3.63, 3.8) is 0 Å². The summed E-state index contributed by atoms with van der Waals surface area (Å²) in [5, 5.41) is 5.24. The molecule has 0 fully saturated rings. The number of ether oxygens (including phenoxy) is 2. The third kappa shape index (κ3) is 3.84. The summed E-state index contributed by atoms with van der Waals surface area (Å²) in [6.45, 7) is 0.298. The first-order valence-corrected chi connectivity index (χ1v) is 9.33. The van der Waals surface area contributed by atoms with Gasteiger partial charge in [-0.15, -0.1) is 0 Å². The SMILES string of the molecule is O=C(NCc1cc(F)cc2c1OCOC2)C(=O)Nc1cccc2c1CCCC2. The van der Waals surface area contributed by atoms with Crippen LogP contribution in [0.3, 0.4) is 0 Å². The Balaban J connectivity index is 1.42. The number of halogens is 1. The highest BCUT2D eigenvalue weighted by atomic mass is 19.1. The van der Waals surface area contributed by atoms with Gasteiger partial charge in [0, 0.05) is 23.4 Å². The zero-order chi connectivity index (χ0) is 19.5. The molecule has 2 aliphatic rings. The second kappa shape index (κ2) is 7.98. The quantitative estimate of drug-likeness (QED) is 0.798. The molecule has 146 valence electrons. The van der Waals surface area contributed by atoms with Gasteiger partial charge in [-0.3, -0.25) is 9.59 Å². The van der Waals surface area contributed by atoms with Crippen LogP contribution in [0.5, 0.6) is 5.75 Å². The molecule has 0 saturated heterocycles. The standard InChI is InChI=1S/C21H21FN2O4/c22-16-8-14(19-15(9-16)11-27-12-28-19)10-23-20(25)21(26)24-18-7-3-5-13-4-1-2-6-17(13)18/h3,5,7-9H,1-2,4,6,10-12H2,(H,23,25)(H,24,26). The third-order valence-corrected chi connectivity index (χ3v) is 5.04. The van der Waals surface area contributed by atoms with Gasteiger partial charge in [0.25, 0.3) is 0 Å². The smallest absolute Gasteiger partial charge is 0.313 e. The molecule has 2 aromatic rings. The van der Waals surface area contributed by atoms with E-state index in [-0.39, 0.29) is 19.9 Å². The number of hydrogen-bond donors (Lipinski definition) is 2. The molecule has 0 spiro atoms. The van der Waals surface area contributed by atoms with Crippen molar-refractivity contribution >= 4 is 17.5 Å². The number of amides is 2. The molecule has 0 bridgehead atoms. The molecule has 1 heterocycles. The molecule has 0 saturated carbocycles. The largest absolute Gasteiger partial charge is 0.467 e. The lowest BCUT2D eigenvalue weighted by Gasteiger charge is -2.21. The van der Waals surface area contributed by atoms with Crippen LogP contribution in [-0.2, 0) is 40.3 Å². The number of hydrogen-bond acceptors (Lipinski definition) is 4. The van der Waals surface area contributed by atoms with Crippen molar-refractivity contribution in [1.29, 1.82) is 0 Å². The zero-order valence-corrected chi connectivity index (χ0v) is 15.3. The molecule has 0 aromatic heterocycles. The van der Waals surface area contributed by atoms with E-state index in [1.807, 2.05) is 12.1 Å². The molecule has 6 nitrogen and oxygen atoms in total. The number of benzene rings is 2. The lowest BCUT2D eigenvalue weighted by Crippen LogP contribution is -2.35. The van der Waals surface area contributed by atoms with Gasteiger partial charge in [0.15, 0.2) is 6.79 Å². The fourth-order valence-corrected chi connectivity index (χ4v) is 3.72. The van der Waals surface area contributed by atoms with Crippen LogP contribution in [0.25, 0.3) is 0 Å². The zero-order valence-electron chi connectivity index (χ0n) is 15.3. The molecule has 2 amide bonds. The minimum Gasteiger partial charge on any atom is -0.467 e. The summed E-state index contributed by atoms with van der Waals surface area (Å²) in [6, 6.07) is 8.38. The first-order chi connectivity index (χ1) is 13.6. The van der Waals surface area contributed by atoms with Crippen LogP contribution in [0.4, 0.5) is 10.1 Å². The Labute approximate surface area is 162 Å². The Kier molecular flexibility index (Phi) is 5.25. The maximum atomic E-state index is 13.8. The van der Waals surface area contributed by atoms with Gasteiger partial charge >= 0.3 is 11.8 Å². The summed E-state index contributed by atoms with van der Waals surface area (Å²) in [7, 11) is 0. The minimum atomic E-state index is -0.779. The number of carbonyl (C=O) groups is 2. The maximum Gasteiger partial charge on any atom is 0.313 e. The fraction of sp³-hybridized carbons (Fsp3) is 0.333. The van der Waals surface area contributed by atoms with Crippen LogP contribution in [0, 0.1) is 5.82 Å². The summed E-state index contributed by atoms with van der Waals surface area (Å²) in [4.78, 5) is 24.6.